The van der Waals surface area contributed by atoms with E-state index < -0.39 is 0 Å². The van der Waals surface area contributed by atoms with Gasteiger partial charge >= 0.3 is 0 Å². The fraction of sp³-hybridized carbons (Fsp3) is 0.600. The van der Waals surface area contributed by atoms with Crippen molar-refractivity contribution in [3.8, 4) is 10.8 Å². The molecule has 3 nitrogen and oxygen atoms in total. The molecule has 0 saturated carbocycles. The summed E-state index contributed by atoms with van der Waals surface area (Å²) in [5.41, 5.74) is 0. The average molecular weight is 240 g/mol. The van der Waals surface area contributed by atoms with Crippen molar-refractivity contribution in [1.82, 2.24) is 0 Å². The summed E-state index contributed by atoms with van der Waals surface area (Å²) >= 11 is 2.34. The van der Waals surface area contributed by atoms with Crippen LogP contribution in [-0.2, 0) is 4.74 Å². The van der Waals surface area contributed by atoms with Gasteiger partial charge in [0, 0.05) is 22.8 Å². The first-order valence-electron chi connectivity index (χ1n) is 4.77. The zero-order valence-electron chi connectivity index (χ0n) is 8.52. The molecule has 1 aliphatic rings. The monoisotopic (exact) mass is 240 g/mol. The Morgan fingerprint density at radius 3 is 2.60 bits per heavy atom. The molecule has 0 saturated heterocycles. The van der Waals surface area contributed by atoms with E-state index in [1.54, 1.807) is 0 Å². The van der Waals surface area contributed by atoms with Gasteiger partial charge in [0.15, 0.2) is 0 Å². The molecule has 0 heterocycles. The van der Waals surface area contributed by atoms with Crippen molar-refractivity contribution in [2.45, 2.75) is 32.3 Å². The maximum Gasteiger partial charge on any atom is 0.138 e. The van der Waals surface area contributed by atoms with Crippen molar-refractivity contribution in [1.29, 1.82) is 10.5 Å². The van der Waals surface area contributed by atoms with Crippen molar-refractivity contribution in [2.24, 2.45) is 0 Å². The molecule has 0 fully saturated rings. The molecule has 0 aromatic carbocycles. The van der Waals surface area contributed by atoms with Gasteiger partial charge in [-0.1, -0.05) is 0 Å². The molecule has 1 aliphatic carbocycles. The minimum atomic E-state index is 0.217. The van der Waals surface area contributed by atoms with Gasteiger partial charge in [-0.3, -0.25) is 0 Å². The van der Waals surface area contributed by atoms with E-state index in [2.05, 4.69) is 10.8 Å². The number of nitriles is 2. The van der Waals surface area contributed by atoms with E-state index in [0.29, 0.717) is 6.61 Å². The molecular formula is C10H12N2OS2. The summed E-state index contributed by atoms with van der Waals surface area (Å²) in [5.74, 6) is 0. The molecule has 1 atom stereocenters. The largest absolute Gasteiger partial charge is 0.378 e. The first-order chi connectivity index (χ1) is 7.31. The van der Waals surface area contributed by atoms with E-state index in [1.807, 2.05) is 6.92 Å². The lowest BCUT2D eigenvalue weighted by atomic mass is 10.0. The quantitative estimate of drug-likeness (QED) is 0.706. The molecule has 0 radical (unpaired) electrons. The van der Waals surface area contributed by atoms with Gasteiger partial charge in [-0.05, 0) is 43.3 Å². The van der Waals surface area contributed by atoms with Crippen LogP contribution < -0.4 is 0 Å². The molecule has 0 aliphatic heterocycles. The fourth-order valence-electron chi connectivity index (χ4n) is 1.55. The van der Waals surface area contributed by atoms with Crippen molar-refractivity contribution in [3.63, 3.8) is 0 Å². The lowest BCUT2D eigenvalue weighted by molar-refractivity contribution is 0.0560. The highest BCUT2D eigenvalue weighted by molar-refractivity contribution is 8.10. The smallest absolute Gasteiger partial charge is 0.138 e. The highest BCUT2D eigenvalue weighted by Gasteiger charge is 2.22. The Balaban J connectivity index is 2.68. The van der Waals surface area contributed by atoms with E-state index in [-0.39, 0.29) is 6.10 Å². The molecule has 1 unspecified atom stereocenters. The highest BCUT2D eigenvalue weighted by atomic mass is 32.2. The zero-order chi connectivity index (χ0) is 11.1. The van der Waals surface area contributed by atoms with E-state index in [4.69, 9.17) is 15.3 Å². The zero-order valence-corrected chi connectivity index (χ0v) is 10.2. The first-order valence-corrected chi connectivity index (χ1v) is 6.40. The number of ether oxygens (including phenoxy) is 1. The average Bonchev–Trinajstić information content (AvgIpc) is 2.23. The van der Waals surface area contributed by atoms with Crippen molar-refractivity contribution < 1.29 is 4.74 Å². The third-order valence-corrected chi connectivity index (χ3v) is 3.83. The normalized spacial score (nSPS) is 20.9. The second-order valence-electron chi connectivity index (χ2n) is 3.05. The summed E-state index contributed by atoms with van der Waals surface area (Å²) in [5, 5.41) is 21.4. The van der Waals surface area contributed by atoms with E-state index in [1.165, 1.54) is 11.8 Å². The van der Waals surface area contributed by atoms with Gasteiger partial charge in [-0.2, -0.15) is 10.5 Å². The third kappa shape index (κ3) is 3.79. The van der Waals surface area contributed by atoms with Crippen molar-refractivity contribution >= 4 is 23.5 Å². The predicted octanol–water partition coefficient (Wildman–Crippen LogP) is 3.22. The van der Waals surface area contributed by atoms with Crippen LogP contribution in [0.4, 0.5) is 0 Å². The first kappa shape index (κ1) is 12.4. The Bertz CT molecular complexity index is 327. The standard InChI is InChI=1S/C10H12N2OS2/c1-2-13-8-3-4-9(14-6-11)10(5-8)15-7-12/h8H,2-5H2,1H3. The second kappa shape index (κ2) is 6.79. The van der Waals surface area contributed by atoms with Crippen LogP contribution in [0, 0.1) is 21.3 Å². The molecule has 0 aromatic rings. The Morgan fingerprint density at radius 2 is 2.00 bits per heavy atom. The topological polar surface area (TPSA) is 56.8 Å². The van der Waals surface area contributed by atoms with Crippen molar-refractivity contribution in [2.75, 3.05) is 6.61 Å². The van der Waals surface area contributed by atoms with E-state index >= 15 is 0 Å². The fourth-order valence-corrected chi connectivity index (χ4v) is 2.92. The molecule has 0 amide bonds. The van der Waals surface area contributed by atoms with Crippen LogP contribution in [0.5, 0.6) is 0 Å². The molecule has 5 heteroatoms. The SMILES string of the molecule is CCOC1CCC(SC#N)=C(SC#N)C1. The van der Waals surface area contributed by atoms with Crippen LogP contribution in [0.25, 0.3) is 0 Å². The van der Waals surface area contributed by atoms with Gasteiger partial charge < -0.3 is 4.74 Å². The van der Waals surface area contributed by atoms with Gasteiger partial charge in [-0.25, -0.2) is 0 Å². The Morgan fingerprint density at radius 1 is 1.33 bits per heavy atom. The minimum Gasteiger partial charge on any atom is -0.378 e. The summed E-state index contributed by atoms with van der Waals surface area (Å²) in [4.78, 5) is 2.05. The minimum absolute atomic E-state index is 0.217. The molecule has 0 bridgehead atoms. The van der Waals surface area contributed by atoms with Crippen LogP contribution in [0.15, 0.2) is 9.81 Å². The second-order valence-corrected chi connectivity index (χ2v) is 4.81. The van der Waals surface area contributed by atoms with Gasteiger partial charge in [0.2, 0.25) is 0 Å². The van der Waals surface area contributed by atoms with Crippen LogP contribution >= 0.6 is 23.5 Å². The number of thiocyanates is 2. The summed E-state index contributed by atoms with van der Waals surface area (Å²) in [7, 11) is 0. The molecule has 15 heavy (non-hydrogen) atoms. The van der Waals surface area contributed by atoms with Crippen LogP contribution in [0.3, 0.4) is 0 Å². The predicted molar refractivity (Wildman–Crippen MR) is 62.7 cm³/mol. The lowest BCUT2D eigenvalue weighted by Gasteiger charge is -2.24. The van der Waals surface area contributed by atoms with Gasteiger partial charge in [0.1, 0.15) is 10.8 Å². The molecule has 0 spiro atoms. The summed E-state index contributed by atoms with van der Waals surface area (Å²) in [6.45, 7) is 2.68. The van der Waals surface area contributed by atoms with Crippen molar-refractivity contribution in [3.05, 3.63) is 9.81 Å². The summed E-state index contributed by atoms with van der Waals surface area (Å²) in [6, 6.07) is 0. The van der Waals surface area contributed by atoms with E-state index in [9.17, 15) is 0 Å². The number of nitrogens with zero attached hydrogens (tertiary/aromatic N) is 2. The summed E-state index contributed by atoms with van der Waals surface area (Å²) in [6.07, 6.45) is 2.80. The number of rotatable bonds is 4. The number of allylic oxidation sites excluding steroid dienone is 1. The molecule has 80 valence electrons. The molecule has 1 rings (SSSR count). The Hall–Kier alpha value is -0.620. The van der Waals surface area contributed by atoms with Gasteiger partial charge in [0.25, 0.3) is 0 Å². The number of hydrogen-bond donors (Lipinski definition) is 0. The summed E-state index contributed by atoms with van der Waals surface area (Å²) < 4.78 is 5.54. The maximum atomic E-state index is 8.67. The highest BCUT2D eigenvalue weighted by Crippen LogP contribution is 2.38. The van der Waals surface area contributed by atoms with Crippen LogP contribution in [0.2, 0.25) is 0 Å². The molecule has 0 N–H and O–H groups in total. The Kier molecular flexibility index (Phi) is 5.63. The maximum absolute atomic E-state index is 8.67. The van der Waals surface area contributed by atoms with E-state index in [0.717, 1.165) is 40.8 Å². The Labute approximate surface area is 98.5 Å². The van der Waals surface area contributed by atoms with Crippen LogP contribution in [0.1, 0.15) is 26.2 Å². The van der Waals surface area contributed by atoms with Crippen LogP contribution in [-0.4, -0.2) is 12.7 Å². The van der Waals surface area contributed by atoms with Gasteiger partial charge in [0.05, 0.1) is 6.10 Å². The number of thioether (sulfide) groups is 2. The van der Waals surface area contributed by atoms with Gasteiger partial charge in [-0.15, -0.1) is 0 Å². The lowest BCUT2D eigenvalue weighted by Crippen LogP contribution is -2.17. The molecular weight excluding hydrogens is 228 g/mol. The number of hydrogen-bond acceptors (Lipinski definition) is 5. The third-order valence-electron chi connectivity index (χ3n) is 2.16. The molecule has 0 aromatic heterocycles.